The van der Waals surface area contributed by atoms with E-state index in [0.717, 1.165) is 17.8 Å². The van der Waals surface area contributed by atoms with E-state index in [0.29, 0.717) is 19.8 Å². The molecule has 7 nitrogen and oxygen atoms in total. The lowest BCUT2D eigenvalue weighted by Gasteiger charge is -2.14. The predicted octanol–water partition coefficient (Wildman–Crippen LogP) is 3.97. The van der Waals surface area contributed by atoms with Gasteiger partial charge in [0.25, 0.3) is 5.91 Å². The number of nitrogens with one attached hydrogen (secondary N) is 1. The molecule has 1 aliphatic rings. The van der Waals surface area contributed by atoms with Gasteiger partial charge in [0.05, 0.1) is 4.91 Å². The Morgan fingerprint density at radius 2 is 1.97 bits per heavy atom. The molecule has 0 aromatic heterocycles. The van der Waals surface area contributed by atoms with Crippen LogP contribution in [0.25, 0.3) is 6.08 Å². The molecule has 3 N–H and O–H groups in total. The minimum absolute atomic E-state index is 0.0345. The van der Waals surface area contributed by atoms with Crippen molar-refractivity contribution in [2.75, 3.05) is 11.9 Å². The molecule has 1 heterocycles. The number of anilines is 1. The van der Waals surface area contributed by atoms with Gasteiger partial charge in [0.2, 0.25) is 5.91 Å². The van der Waals surface area contributed by atoms with Crippen molar-refractivity contribution < 1.29 is 24.6 Å². The average molecular weight is 463 g/mol. The topological polar surface area (TPSA) is 107 Å². The number of rotatable bonds is 6. The summed E-state index contributed by atoms with van der Waals surface area (Å²) in [6.45, 7) is 0.0789. The molecule has 0 aliphatic carbocycles. The van der Waals surface area contributed by atoms with Crippen molar-refractivity contribution in [1.82, 2.24) is 4.90 Å². The van der Waals surface area contributed by atoms with Gasteiger partial charge in [-0.15, -0.1) is 0 Å². The van der Waals surface area contributed by atoms with Gasteiger partial charge in [0.1, 0.15) is 15.6 Å². The number of phenols is 1. The number of amides is 2. The Balaban J connectivity index is 1.61. The molecule has 2 amide bonds. The van der Waals surface area contributed by atoms with Gasteiger partial charge in [0, 0.05) is 29.7 Å². The Labute approximate surface area is 186 Å². The second-order valence-electron chi connectivity index (χ2n) is 6.19. The number of carboxylic acid groups (broad SMARTS) is 1. The first-order chi connectivity index (χ1) is 14.3. The standard InChI is InChI=1S/C20H15ClN2O5S2/c21-14-4-2-1-3-11(14)9-16-18(26)23(20(29)30-16)8-7-17(25)22-12-5-6-13(19(27)28)15(24)10-12/h1-6,9-10,24H,7-8H2,(H,22,25)(H,27,28)/b16-9-. The number of carbonyl (C=O) groups excluding carboxylic acids is 2. The second-order valence-corrected chi connectivity index (χ2v) is 8.27. The number of thiocarbonyl (C=S) groups is 1. The van der Waals surface area contributed by atoms with E-state index in [2.05, 4.69) is 5.32 Å². The summed E-state index contributed by atoms with van der Waals surface area (Å²) >= 11 is 12.5. The molecule has 0 unspecified atom stereocenters. The summed E-state index contributed by atoms with van der Waals surface area (Å²) in [5.41, 5.74) is 0.671. The summed E-state index contributed by atoms with van der Waals surface area (Å²) in [6.07, 6.45) is 1.63. The van der Waals surface area contributed by atoms with Crippen molar-refractivity contribution >= 4 is 69.4 Å². The first kappa shape index (κ1) is 21.8. The van der Waals surface area contributed by atoms with E-state index in [4.69, 9.17) is 28.9 Å². The van der Waals surface area contributed by atoms with Gasteiger partial charge in [-0.25, -0.2) is 4.79 Å². The Morgan fingerprint density at radius 3 is 2.63 bits per heavy atom. The Hall–Kier alpha value is -2.88. The summed E-state index contributed by atoms with van der Waals surface area (Å²) in [5, 5.41) is 21.7. The van der Waals surface area contributed by atoms with Crippen molar-refractivity contribution in [3.8, 4) is 5.75 Å². The summed E-state index contributed by atoms with van der Waals surface area (Å²) in [4.78, 5) is 37.5. The van der Waals surface area contributed by atoms with Gasteiger partial charge in [-0.3, -0.25) is 14.5 Å². The lowest BCUT2D eigenvalue weighted by Crippen LogP contribution is -2.31. The molecule has 3 rings (SSSR count). The van der Waals surface area contributed by atoms with Crippen molar-refractivity contribution in [2.24, 2.45) is 0 Å². The summed E-state index contributed by atoms with van der Waals surface area (Å²) < 4.78 is 0.342. The Bertz CT molecular complexity index is 1090. The SMILES string of the molecule is O=C(CCN1C(=O)/C(=C/c2ccccc2Cl)SC1=S)Nc1ccc(C(=O)O)c(O)c1. The third-order valence-electron chi connectivity index (χ3n) is 4.14. The number of thioether (sulfide) groups is 1. The molecule has 1 aliphatic heterocycles. The average Bonchev–Trinajstić information content (AvgIpc) is 2.94. The monoisotopic (exact) mass is 462 g/mol. The molecule has 0 saturated carbocycles. The maximum absolute atomic E-state index is 12.6. The largest absolute Gasteiger partial charge is 0.507 e. The number of hydrogen-bond acceptors (Lipinski definition) is 6. The van der Waals surface area contributed by atoms with Crippen molar-refractivity contribution in [1.29, 1.82) is 0 Å². The highest BCUT2D eigenvalue weighted by Gasteiger charge is 2.32. The molecular formula is C20H15ClN2O5S2. The molecule has 154 valence electrons. The quantitative estimate of drug-likeness (QED) is 0.440. The first-order valence-corrected chi connectivity index (χ1v) is 10.2. The lowest BCUT2D eigenvalue weighted by atomic mass is 10.2. The van der Waals surface area contributed by atoms with Gasteiger partial charge in [0.15, 0.2) is 0 Å². The minimum Gasteiger partial charge on any atom is -0.507 e. The molecule has 30 heavy (non-hydrogen) atoms. The minimum atomic E-state index is -1.27. The molecule has 10 heteroatoms. The molecule has 2 aromatic rings. The van der Waals surface area contributed by atoms with Crippen LogP contribution < -0.4 is 5.32 Å². The van der Waals surface area contributed by atoms with Gasteiger partial charge in [-0.05, 0) is 29.8 Å². The number of halogens is 1. The van der Waals surface area contributed by atoms with Crippen molar-refractivity contribution in [3.05, 3.63) is 63.5 Å². The molecule has 1 fully saturated rings. The zero-order valence-corrected chi connectivity index (χ0v) is 17.7. The fraction of sp³-hybridized carbons (Fsp3) is 0.100. The van der Waals surface area contributed by atoms with E-state index < -0.39 is 17.6 Å². The number of carbonyl (C=O) groups is 3. The summed E-state index contributed by atoms with van der Waals surface area (Å²) in [7, 11) is 0. The molecule has 0 radical (unpaired) electrons. The van der Waals surface area contributed by atoms with Gasteiger partial charge in [-0.1, -0.05) is 53.8 Å². The van der Waals surface area contributed by atoms with E-state index in [1.165, 1.54) is 17.0 Å². The van der Waals surface area contributed by atoms with Crippen LogP contribution in [0.4, 0.5) is 5.69 Å². The van der Waals surface area contributed by atoms with Crippen LogP contribution in [0, 0.1) is 0 Å². The van der Waals surface area contributed by atoms with E-state index in [1.807, 2.05) is 6.07 Å². The number of hydrogen-bond donors (Lipinski definition) is 3. The summed E-state index contributed by atoms with van der Waals surface area (Å²) in [5.74, 6) is -2.45. The number of nitrogens with zero attached hydrogens (tertiary/aromatic N) is 1. The predicted molar refractivity (Wildman–Crippen MR) is 120 cm³/mol. The Morgan fingerprint density at radius 1 is 1.23 bits per heavy atom. The maximum atomic E-state index is 12.6. The van der Waals surface area contributed by atoms with Gasteiger partial charge >= 0.3 is 5.97 Å². The van der Waals surface area contributed by atoms with Gasteiger partial charge in [-0.2, -0.15) is 0 Å². The first-order valence-electron chi connectivity index (χ1n) is 8.62. The van der Waals surface area contributed by atoms with Crippen LogP contribution in [0.2, 0.25) is 5.02 Å². The molecule has 0 spiro atoms. The van der Waals surface area contributed by atoms with Crippen molar-refractivity contribution in [2.45, 2.75) is 6.42 Å². The van der Waals surface area contributed by atoms with Crippen LogP contribution in [0.15, 0.2) is 47.4 Å². The van der Waals surface area contributed by atoms with E-state index in [9.17, 15) is 19.5 Å². The zero-order valence-electron chi connectivity index (χ0n) is 15.3. The zero-order chi connectivity index (χ0) is 21.8. The second kappa shape index (κ2) is 9.29. The number of aromatic carboxylic acids is 1. The lowest BCUT2D eigenvalue weighted by molar-refractivity contribution is -0.122. The normalized spacial score (nSPS) is 15.0. The fourth-order valence-corrected chi connectivity index (χ4v) is 4.14. The fourth-order valence-electron chi connectivity index (χ4n) is 2.65. The number of benzene rings is 2. The van der Waals surface area contributed by atoms with Crippen LogP contribution in [-0.2, 0) is 9.59 Å². The molecule has 0 bridgehead atoms. The third-order valence-corrected chi connectivity index (χ3v) is 5.86. The van der Waals surface area contributed by atoms with Crippen LogP contribution in [0.5, 0.6) is 5.75 Å². The molecular weight excluding hydrogens is 448 g/mol. The van der Waals surface area contributed by atoms with Gasteiger partial charge < -0.3 is 15.5 Å². The molecule has 1 saturated heterocycles. The van der Waals surface area contributed by atoms with Crippen molar-refractivity contribution in [3.63, 3.8) is 0 Å². The molecule has 0 atom stereocenters. The van der Waals surface area contributed by atoms with Crippen LogP contribution in [-0.4, -0.2) is 43.8 Å². The number of aromatic hydroxyl groups is 1. The highest BCUT2D eigenvalue weighted by Crippen LogP contribution is 2.33. The smallest absolute Gasteiger partial charge is 0.339 e. The van der Waals surface area contributed by atoms with Crippen LogP contribution in [0.3, 0.4) is 0 Å². The highest BCUT2D eigenvalue weighted by molar-refractivity contribution is 8.26. The van der Waals surface area contributed by atoms with E-state index in [-0.39, 0.29) is 30.1 Å². The van der Waals surface area contributed by atoms with Crippen LogP contribution in [0.1, 0.15) is 22.3 Å². The third kappa shape index (κ3) is 4.99. The highest BCUT2D eigenvalue weighted by atomic mass is 35.5. The van der Waals surface area contributed by atoms with Crippen LogP contribution >= 0.6 is 35.6 Å². The number of carboxylic acids is 1. The maximum Gasteiger partial charge on any atom is 0.339 e. The van der Waals surface area contributed by atoms with E-state index in [1.54, 1.807) is 24.3 Å². The molecule has 2 aromatic carbocycles. The Kier molecular flexibility index (Phi) is 6.76. The summed E-state index contributed by atoms with van der Waals surface area (Å²) in [6, 6.07) is 10.8. The van der Waals surface area contributed by atoms with E-state index >= 15 is 0 Å².